The van der Waals surface area contributed by atoms with E-state index in [9.17, 15) is 14.4 Å². The van der Waals surface area contributed by atoms with Crippen LogP contribution in [-0.2, 0) is 19.1 Å². The fraction of sp³-hybridized carbons (Fsp3) is 0.526. The van der Waals surface area contributed by atoms with Crippen molar-refractivity contribution in [1.29, 1.82) is 0 Å². The Bertz CT molecular complexity index is 452. The SMILES string of the molecule is C=C(C)C(=O)O.C=C(C)C(=O)O.C=C(C)C(=O)OC.CCC(CO)(CO)CO. The highest BCUT2D eigenvalue weighted by molar-refractivity contribution is 5.86. The van der Waals surface area contributed by atoms with Crippen LogP contribution in [-0.4, -0.2) is 70.4 Å². The summed E-state index contributed by atoms with van der Waals surface area (Å²) in [7, 11) is 1.33. The number of carboxylic acid groups (broad SMARTS) is 2. The number of carboxylic acids is 2. The average Bonchev–Trinajstić information content (AvgIpc) is 2.64. The summed E-state index contributed by atoms with van der Waals surface area (Å²) in [6.45, 7) is 15.5. The molecule has 0 unspecified atom stereocenters. The van der Waals surface area contributed by atoms with Gasteiger partial charge < -0.3 is 30.3 Å². The van der Waals surface area contributed by atoms with Gasteiger partial charge in [-0.1, -0.05) is 26.7 Å². The number of aliphatic carboxylic acids is 2. The predicted molar refractivity (Wildman–Crippen MR) is 106 cm³/mol. The standard InChI is InChI=1S/C6H14O3.C5H8O2.2C4H6O2/c1-2-6(3-7,4-8)5-9;1-4(2)5(6)7-3;2*1-3(2)4(5)6/h7-9H,2-5H2,1H3;1H2,2-3H3;2*1H2,2H3,(H,5,6). The van der Waals surface area contributed by atoms with Gasteiger partial charge in [0.05, 0.1) is 26.9 Å². The van der Waals surface area contributed by atoms with Gasteiger partial charge in [0, 0.05) is 22.1 Å². The van der Waals surface area contributed by atoms with E-state index in [1.807, 2.05) is 6.92 Å². The summed E-state index contributed by atoms with van der Waals surface area (Å²) < 4.78 is 4.27. The van der Waals surface area contributed by atoms with Gasteiger partial charge in [0.1, 0.15) is 0 Å². The number of aliphatic hydroxyl groups excluding tert-OH is 3. The first kappa shape index (κ1) is 33.1. The quantitative estimate of drug-likeness (QED) is 0.311. The van der Waals surface area contributed by atoms with Gasteiger partial charge in [-0.25, -0.2) is 14.4 Å². The summed E-state index contributed by atoms with van der Waals surface area (Å²) in [6, 6.07) is 0. The van der Waals surface area contributed by atoms with Crippen LogP contribution < -0.4 is 0 Å². The molecule has 0 spiro atoms. The van der Waals surface area contributed by atoms with E-state index in [4.69, 9.17) is 25.5 Å². The van der Waals surface area contributed by atoms with Crippen molar-refractivity contribution in [3.8, 4) is 0 Å². The average molecular weight is 406 g/mol. The van der Waals surface area contributed by atoms with E-state index in [0.717, 1.165) is 0 Å². The second kappa shape index (κ2) is 19.3. The Hall–Kier alpha value is -2.49. The smallest absolute Gasteiger partial charge is 0.332 e. The van der Waals surface area contributed by atoms with Gasteiger partial charge in [-0.05, 0) is 27.2 Å². The van der Waals surface area contributed by atoms with Crippen molar-refractivity contribution in [2.75, 3.05) is 26.9 Å². The molecule has 0 aromatic rings. The minimum absolute atomic E-state index is 0.156. The highest BCUT2D eigenvalue weighted by Crippen LogP contribution is 2.18. The third kappa shape index (κ3) is 21.6. The van der Waals surface area contributed by atoms with Crippen LogP contribution in [0.2, 0.25) is 0 Å². The van der Waals surface area contributed by atoms with Gasteiger partial charge >= 0.3 is 17.9 Å². The zero-order valence-electron chi connectivity index (χ0n) is 17.3. The van der Waals surface area contributed by atoms with Gasteiger partial charge in [0.25, 0.3) is 0 Å². The van der Waals surface area contributed by atoms with Crippen LogP contribution in [0.1, 0.15) is 34.1 Å². The third-order valence-corrected chi connectivity index (χ3v) is 3.02. The zero-order valence-corrected chi connectivity index (χ0v) is 17.3. The fourth-order valence-electron chi connectivity index (χ4n) is 0.660. The van der Waals surface area contributed by atoms with Crippen molar-refractivity contribution < 1.29 is 44.7 Å². The van der Waals surface area contributed by atoms with Crippen molar-refractivity contribution >= 4 is 17.9 Å². The first-order valence-corrected chi connectivity index (χ1v) is 8.05. The molecule has 28 heavy (non-hydrogen) atoms. The molecule has 0 aliphatic rings. The molecule has 5 N–H and O–H groups in total. The first-order chi connectivity index (χ1) is 12.7. The second-order valence-corrected chi connectivity index (χ2v) is 5.77. The molecular formula is C19H34O9. The Balaban J connectivity index is -0.000000139. The van der Waals surface area contributed by atoms with Gasteiger partial charge in [-0.3, -0.25) is 0 Å². The van der Waals surface area contributed by atoms with Crippen LogP contribution in [0.25, 0.3) is 0 Å². The van der Waals surface area contributed by atoms with E-state index in [-0.39, 0.29) is 36.9 Å². The number of carbonyl (C=O) groups excluding carboxylic acids is 1. The maximum absolute atomic E-state index is 10.2. The van der Waals surface area contributed by atoms with Crippen molar-refractivity contribution in [2.24, 2.45) is 5.41 Å². The lowest BCUT2D eigenvalue weighted by atomic mass is 9.88. The van der Waals surface area contributed by atoms with Gasteiger partial charge in [-0.15, -0.1) is 0 Å². The van der Waals surface area contributed by atoms with Crippen molar-refractivity contribution in [1.82, 2.24) is 0 Å². The molecule has 0 rings (SSSR count). The van der Waals surface area contributed by atoms with Crippen LogP contribution in [0.3, 0.4) is 0 Å². The van der Waals surface area contributed by atoms with Crippen molar-refractivity contribution in [3.63, 3.8) is 0 Å². The Morgan fingerprint density at radius 3 is 1.04 bits per heavy atom. The molecule has 0 bridgehead atoms. The Morgan fingerprint density at radius 2 is 1.04 bits per heavy atom. The second-order valence-electron chi connectivity index (χ2n) is 5.77. The lowest BCUT2D eigenvalue weighted by Crippen LogP contribution is -2.32. The maximum Gasteiger partial charge on any atom is 0.332 e. The molecule has 0 atom stereocenters. The molecule has 0 saturated heterocycles. The maximum atomic E-state index is 10.2. The van der Waals surface area contributed by atoms with Gasteiger partial charge in [0.2, 0.25) is 0 Å². The normalized spacial score (nSPS) is 9.00. The molecule has 0 aliphatic heterocycles. The largest absolute Gasteiger partial charge is 0.478 e. The molecule has 0 heterocycles. The van der Waals surface area contributed by atoms with Gasteiger partial charge in [0.15, 0.2) is 0 Å². The summed E-state index contributed by atoms with van der Waals surface area (Å²) in [5, 5.41) is 41.8. The summed E-state index contributed by atoms with van der Waals surface area (Å²) in [5.74, 6) is -2.22. The number of carbonyl (C=O) groups is 3. The van der Waals surface area contributed by atoms with Crippen LogP contribution in [0.15, 0.2) is 36.5 Å². The molecule has 0 amide bonds. The summed E-state index contributed by atoms with van der Waals surface area (Å²) in [6.07, 6.45) is 0.594. The Kier molecular flexibility index (Phi) is 22.8. The summed E-state index contributed by atoms with van der Waals surface area (Å²) >= 11 is 0. The highest BCUT2D eigenvalue weighted by Gasteiger charge is 2.24. The predicted octanol–water partition coefficient (Wildman–Crippen LogP) is 1.39. The molecule has 0 aromatic heterocycles. The number of aliphatic hydroxyl groups is 3. The van der Waals surface area contributed by atoms with Crippen LogP contribution >= 0.6 is 0 Å². The van der Waals surface area contributed by atoms with Crippen LogP contribution in [0, 0.1) is 5.41 Å². The molecular weight excluding hydrogens is 372 g/mol. The molecule has 0 saturated carbocycles. The summed E-state index contributed by atoms with van der Waals surface area (Å²) in [4.78, 5) is 29.4. The van der Waals surface area contributed by atoms with E-state index in [2.05, 4.69) is 24.5 Å². The Morgan fingerprint density at radius 1 is 0.786 bits per heavy atom. The minimum Gasteiger partial charge on any atom is -0.478 e. The summed E-state index contributed by atoms with van der Waals surface area (Å²) in [5.41, 5.74) is 0.118. The molecule has 164 valence electrons. The van der Waals surface area contributed by atoms with Crippen molar-refractivity contribution in [2.45, 2.75) is 34.1 Å². The zero-order chi connectivity index (χ0) is 23.5. The number of ether oxygens (including phenoxy) is 1. The Labute approximate surface area is 166 Å². The lowest BCUT2D eigenvalue weighted by molar-refractivity contribution is -0.136. The molecule has 0 radical (unpaired) electrons. The molecule has 9 heteroatoms. The van der Waals surface area contributed by atoms with E-state index >= 15 is 0 Å². The number of hydrogen-bond acceptors (Lipinski definition) is 7. The van der Waals surface area contributed by atoms with Gasteiger partial charge in [-0.2, -0.15) is 0 Å². The minimum atomic E-state index is -0.935. The number of esters is 1. The number of rotatable bonds is 7. The molecule has 0 fully saturated rings. The fourth-order valence-corrected chi connectivity index (χ4v) is 0.660. The van der Waals surface area contributed by atoms with Crippen molar-refractivity contribution in [3.05, 3.63) is 36.5 Å². The van der Waals surface area contributed by atoms with Crippen LogP contribution in [0.4, 0.5) is 0 Å². The van der Waals surface area contributed by atoms with E-state index in [1.54, 1.807) is 6.92 Å². The first-order valence-electron chi connectivity index (χ1n) is 8.05. The van der Waals surface area contributed by atoms with E-state index in [1.165, 1.54) is 21.0 Å². The molecule has 0 aliphatic carbocycles. The topological polar surface area (TPSA) is 162 Å². The van der Waals surface area contributed by atoms with E-state index < -0.39 is 17.4 Å². The highest BCUT2D eigenvalue weighted by atomic mass is 16.5. The molecule has 0 aromatic carbocycles. The van der Waals surface area contributed by atoms with Crippen LogP contribution in [0.5, 0.6) is 0 Å². The van der Waals surface area contributed by atoms with E-state index in [0.29, 0.717) is 12.0 Å². The monoisotopic (exact) mass is 406 g/mol. The third-order valence-electron chi connectivity index (χ3n) is 3.02. The number of hydrogen-bond donors (Lipinski definition) is 5. The molecule has 9 nitrogen and oxygen atoms in total. The number of methoxy groups -OCH3 is 1. The lowest BCUT2D eigenvalue weighted by Gasteiger charge is -2.24.